The van der Waals surface area contributed by atoms with E-state index in [4.69, 9.17) is 5.73 Å². The predicted octanol–water partition coefficient (Wildman–Crippen LogP) is 4.86. The van der Waals surface area contributed by atoms with Gasteiger partial charge < -0.3 is 5.73 Å². The SMILES string of the molecule is C=C(C(N)C/C(=C/C)c1ccccc1C)C1CCCC1. The van der Waals surface area contributed by atoms with E-state index < -0.39 is 0 Å². The van der Waals surface area contributed by atoms with Gasteiger partial charge in [-0.15, -0.1) is 0 Å². The van der Waals surface area contributed by atoms with Gasteiger partial charge in [0.2, 0.25) is 0 Å². The maximum atomic E-state index is 6.42. The largest absolute Gasteiger partial charge is 0.324 e. The van der Waals surface area contributed by atoms with Crippen LogP contribution in [-0.2, 0) is 0 Å². The quantitative estimate of drug-likeness (QED) is 0.759. The van der Waals surface area contributed by atoms with Crippen LogP contribution >= 0.6 is 0 Å². The average Bonchev–Trinajstić information content (AvgIpc) is 2.98. The highest BCUT2D eigenvalue weighted by Crippen LogP contribution is 2.33. The molecule has 1 aromatic carbocycles. The van der Waals surface area contributed by atoms with Gasteiger partial charge in [0.1, 0.15) is 0 Å². The zero-order chi connectivity index (χ0) is 14.5. The molecule has 0 heterocycles. The molecule has 0 spiro atoms. The molecule has 0 radical (unpaired) electrons. The van der Waals surface area contributed by atoms with Crippen molar-refractivity contribution < 1.29 is 0 Å². The first kappa shape index (κ1) is 15.1. The Kier molecular flexibility index (Phi) is 5.19. The molecule has 20 heavy (non-hydrogen) atoms. The number of hydrogen-bond acceptors (Lipinski definition) is 1. The number of benzene rings is 1. The average molecular weight is 269 g/mol. The summed E-state index contributed by atoms with van der Waals surface area (Å²) < 4.78 is 0. The molecule has 2 rings (SSSR count). The third kappa shape index (κ3) is 3.40. The van der Waals surface area contributed by atoms with Crippen LogP contribution in [0.2, 0.25) is 0 Å². The molecule has 1 heteroatoms. The summed E-state index contributed by atoms with van der Waals surface area (Å²) in [4.78, 5) is 0. The van der Waals surface area contributed by atoms with Crippen LogP contribution in [0.1, 0.15) is 50.2 Å². The van der Waals surface area contributed by atoms with E-state index >= 15 is 0 Å². The van der Waals surface area contributed by atoms with E-state index in [1.54, 1.807) is 0 Å². The molecule has 1 atom stereocenters. The predicted molar refractivity (Wildman–Crippen MR) is 88.5 cm³/mol. The normalized spacial score (nSPS) is 18.2. The minimum atomic E-state index is 0.0870. The summed E-state index contributed by atoms with van der Waals surface area (Å²) in [7, 11) is 0. The molecule has 1 fully saturated rings. The van der Waals surface area contributed by atoms with Gasteiger partial charge in [-0.25, -0.2) is 0 Å². The van der Waals surface area contributed by atoms with E-state index in [1.807, 2.05) is 0 Å². The minimum absolute atomic E-state index is 0.0870. The summed E-state index contributed by atoms with van der Waals surface area (Å²) in [6.45, 7) is 8.55. The molecule has 1 nitrogen and oxygen atoms in total. The molecule has 0 aromatic heterocycles. The Balaban J connectivity index is 2.07. The summed E-state index contributed by atoms with van der Waals surface area (Å²) in [5, 5.41) is 0. The Labute approximate surface area is 123 Å². The van der Waals surface area contributed by atoms with Crippen LogP contribution in [0.15, 0.2) is 42.5 Å². The Morgan fingerprint density at radius 1 is 1.35 bits per heavy atom. The molecule has 1 unspecified atom stereocenters. The fraction of sp³-hybridized carbons (Fsp3) is 0.474. The van der Waals surface area contributed by atoms with Gasteiger partial charge in [-0.1, -0.05) is 55.3 Å². The van der Waals surface area contributed by atoms with Crippen LogP contribution < -0.4 is 5.73 Å². The molecular formula is C19H27N. The van der Waals surface area contributed by atoms with Gasteiger partial charge in [0.15, 0.2) is 0 Å². The highest BCUT2D eigenvalue weighted by atomic mass is 14.6. The Morgan fingerprint density at radius 2 is 2.00 bits per heavy atom. The van der Waals surface area contributed by atoms with Gasteiger partial charge in [0, 0.05) is 6.04 Å². The molecule has 108 valence electrons. The van der Waals surface area contributed by atoms with Gasteiger partial charge in [-0.2, -0.15) is 0 Å². The third-order valence-electron chi connectivity index (χ3n) is 4.64. The molecule has 1 aliphatic rings. The summed E-state index contributed by atoms with van der Waals surface area (Å²) in [5.41, 5.74) is 11.7. The van der Waals surface area contributed by atoms with E-state index in [0.717, 1.165) is 6.42 Å². The van der Waals surface area contributed by atoms with Gasteiger partial charge in [-0.05, 0) is 55.7 Å². The lowest BCUT2D eigenvalue weighted by Gasteiger charge is -2.22. The van der Waals surface area contributed by atoms with E-state index in [2.05, 4.69) is 50.8 Å². The van der Waals surface area contributed by atoms with E-state index in [0.29, 0.717) is 5.92 Å². The first-order valence-electron chi connectivity index (χ1n) is 7.79. The number of nitrogens with two attached hydrogens (primary N) is 1. The second-order valence-corrected chi connectivity index (χ2v) is 6.00. The molecule has 1 aliphatic carbocycles. The minimum Gasteiger partial charge on any atom is -0.324 e. The lowest BCUT2D eigenvalue weighted by atomic mass is 9.87. The number of rotatable bonds is 5. The number of aryl methyl sites for hydroxylation is 1. The van der Waals surface area contributed by atoms with Crippen molar-refractivity contribution in [1.82, 2.24) is 0 Å². The van der Waals surface area contributed by atoms with Crippen LogP contribution in [-0.4, -0.2) is 6.04 Å². The van der Waals surface area contributed by atoms with Crippen molar-refractivity contribution in [2.45, 2.75) is 52.0 Å². The lowest BCUT2D eigenvalue weighted by molar-refractivity contribution is 0.580. The second kappa shape index (κ2) is 6.90. The van der Waals surface area contributed by atoms with Crippen molar-refractivity contribution in [2.75, 3.05) is 0 Å². The van der Waals surface area contributed by atoms with Crippen LogP contribution in [0.4, 0.5) is 0 Å². The van der Waals surface area contributed by atoms with Gasteiger partial charge >= 0.3 is 0 Å². The van der Waals surface area contributed by atoms with Gasteiger partial charge in [0.25, 0.3) is 0 Å². The standard InChI is InChI=1S/C19H27N/c1-4-16(18-12-8-5-9-14(18)2)13-19(20)15(3)17-10-6-7-11-17/h4-5,8-9,12,17,19H,3,6-7,10-11,13,20H2,1-2H3/b16-4-. The Hall–Kier alpha value is -1.34. The maximum absolute atomic E-state index is 6.42. The van der Waals surface area contributed by atoms with E-state index in [-0.39, 0.29) is 6.04 Å². The fourth-order valence-corrected chi connectivity index (χ4v) is 3.28. The molecule has 0 aliphatic heterocycles. The third-order valence-corrected chi connectivity index (χ3v) is 4.64. The van der Waals surface area contributed by atoms with Crippen molar-refractivity contribution in [2.24, 2.45) is 11.7 Å². The Bertz CT molecular complexity index is 492. The fourth-order valence-electron chi connectivity index (χ4n) is 3.28. The Morgan fingerprint density at radius 3 is 2.60 bits per heavy atom. The van der Waals surface area contributed by atoms with Crippen LogP contribution in [0.25, 0.3) is 5.57 Å². The van der Waals surface area contributed by atoms with Crippen LogP contribution in [0.3, 0.4) is 0 Å². The monoisotopic (exact) mass is 269 g/mol. The molecule has 0 saturated heterocycles. The zero-order valence-electron chi connectivity index (χ0n) is 12.9. The molecule has 0 bridgehead atoms. The second-order valence-electron chi connectivity index (χ2n) is 6.00. The molecule has 2 N–H and O–H groups in total. The van der Waals surface area contributed by atoms with Crippen molar-refractivity contribution >= 4 is 5.57 Å². The zero-order valence-corrected chi connectivity index (χ0v) is 12.9. The van der Waals surface area contributed by atoms with Crippen LogP contribution in [0.5, 0.6) is 0 Å². The first-order chi connectivity index (χ1) is 9.63. The summed E-state index contributed by atoms with van der Waals surface area (Å²) in [6, 6.07) is 8.63. The van der Waals surface area contributed by atoms with E-state index in [1.165, 1.54) is 48.0 Å². The number of allylic oxidation sites excluding steroid dienone is 1. The van der Waals surface area contributed by atoms with Crippen molar-refractivity contribution in [1.29, 1.82) is 0 Å². The van der Waals surface area contributed by atoms with Crippen molar-refractivity contribution in [3.63, 3.8) is 0 Å². The molecule has 0 amide bonds. The molecular weight excluding hydrogens is 242 g/mol. The van der Waals surface area contributed by atoms with E-state index in [9.17, 15) is 0 Å². The maximum Gasteiger partial charge on any atom is 0.0294 e. The highest BCUT2D eigenvalue weighted by Gasteiger charge is 2.22. The smallest absolute Gasteiger partial charge is 0.0294 e. The molecule has 1 saturated carbocycles. The van der Waals surface area contributed by atoms with Crippen molar-refractivity contribution in [3.8, 4) is 0 Å². The highest BCUT2D eigenvalue weighted by molar-refractivity contribution is 5.68. The van der Waals surface area contributed by atoms with Gasteiger partial charge in [0.05, 0.1) is 0 Å². The van der Waals surface area contributed by atoms with Crippen LogP contribution in [0, 0.1) is 12.8 Å². The first-order valence-corrected chi connectivity index (χ1v) is 7.79. The summed E-state index contributed by atoms with van der Waals surface area (Å²) >= 11 is 0. The topological polar surface area (TPSA) is 26.0 Å². The van der Waals surface area contributed by atoms with Gasteiger partial charge in [-0.3, -0.25) is 0 Å². The number of hydrogen-bond donors (Lipinski definition) is 1. The molecule has 1 aromatic rings. The summed E-state index contributed by atoms with van der Waals surface area (Å²) in [6.07, 6.45) is 8.33. The summed E-state index contributed by atoms with van der Waals surface area (Å²) in [5.74, 6) is 0.653. The lowest BCUT2D eigenvalue weighted by Crippen LogP contribution is -2.26. The van der Waals surface area contributed by atoms with Crippen molar-refractivity contribution in [3.05, 3.63) is 53.6 Å².